The highest BCUT2D eigenvalue weighted by molar-refractivity contribution is 5.90. The van der Waals surface area contributed by atoms with Crippen molar-refractivity contribution in [2.45, 2.75) is 6.92 Å². The van der Waals surface area contributed by atoms with Crippen molar-refractivity contribution < 1.29 is 0 Å². The summed E-state index contributed by atoms with van der Waals surface area (Å²) in [5.74, 6) is 1.43. The van der Waals surface area contributed by atoms with E-state index >= 15 is 0 Å². The Hall–Kier alpha value is -2.63. The van der Waals surface area contributed by atoms with E-state index in [1.54, 1.807) is 12.4 Å². The van der Waals surface area contributed by atoms with Crippen LogP contribution >= 0.6 is 0 Å². The summed E-state index contributed by atoms with van der Waals surface area (Å²) >= 11 is 0. The lowest BCUT2D eigenvalue weighted by molar-refractivity contribution is 1.01. The first-order valence-electron chi connectivity index (χ1n) is 6.35. The molecule has 6 heteroatoms. The van der Waals surface area contributed by atoms with Crippen molar-refractivity contribution in [2.75, 3.05) is 24.3 Å². The van der Waals surface area contributed by atoms with Crippen LogP contribution in [0.4, 0.5) is 17.5 Å². The lowest BCUT2D eigenvalue weighted by atomic mass is 10.3. The summed E-state index contributed by atoms with van der Waals surface area (Å²) in [5, 5.41) is 4.26. The van der Waals surface area contributed by atoms with Gasteiger partial charge in [-0.05, 0) is 25.1 Å². The maximum atomic E-state index is 4.56. The monoisotopic (exact) mass is 268 g/mol. The van der Waals surface area contributed by atoms with Crippen molar-refractivity contribution in [3.8, 4) is 0 Å². The summed E-state index contributed by atoms with van der Waals surface area (Å²) in [6.45, 7) is 2.00. The fraction of sp³-hybridized carbons (Fsp3) is 0.214. The number of aromatic nitrogens is 4. The molecule has 0 aliphatic heterocycles. The zero-order valence-electron chi connectivity index (χ0n) is 11.7. The molecule has 0 aromatic carbocycles. The molecule has 3 heterocycles. The molecule has 0 fully saturated rings. The Kier molecular flexibility index (Phi) is 2.98. The summed E-state index contributed by atoms with van der Waals surface area (Å²) in [6, 6.07) is 5.87. The molecule has 0 atom stereocenters. The molecule has 0 bridgehead atoms. The second-order valence-corrected chi connectivity index (χ2v) is 4.85. The Balaban J connectivity index is 2.12. The summed E-state index contributed by atoms with van der Waals surface area (Å²) in [7, 11) is 3.84. The van der Waals surface area contributed by atoms with E-state index in [-0.39, 0.29) is 0 Å². The third-order valence-electron chi connectivity index (χ3n) is 2.93. The first-order valence-corrected chi connectivity index (χ1v) is 6.35. The number of anilines is 3. The predicted octanol–water partition coefficient (Wildman–Crippen LogP) is 2.47. The van der Waals surface area contributed by atoms with Crippen molar-refractivity contribution in [2.24, 2.45) is 0 Å². The molecular formula is C14H16N6. The standard InChI is InChI=1S/C14H16N6/c1-9-7-11-12(16-9)18-14(20(2)3)19-13(11)17-10-5-4-6-15-8-10/h4-8H,1-3H3,(H2,16,17,18,19). The second-order valence-electron chi connectivity index (χ2n) is 4.85. The summed E-state index contributed by atoms with van der Waals surface area (Å²) in [4.78, 5) is 18.3. The minimum absolute atomic E-state index is 0.658. The van der Waals surface area contributed by atoms with Gasteiger partial charge < -0.3 is 15.2 Å². The molecule has 6 nitrogen and oxygen atoms in total. The average molecular weight is 268 g/mol. The van der Waals surface area contributed by atoms with Crippen LogP contribution in [0.15, 0.2) is 30.6 Å². The summed E-state index contributed by atoms with van der Waals surface area (Å²) in [6.07, 6.45) is 3.51. The molecule has 0 amide bonds. The quantitative estimate of drug-likeness (QED) is 0.763. The van der Waals surface area contributed by atoms with Crippen LogP contribution in [0.3, 0.4) is 0 Å². The molecule has 20 heavy (non-hydrogen) atoms. The highest BCUT2D eigenvalue weighted by Crippen LogP contribution is 2.26. The second kappa shape index (κ2) is 4.80. The molecule has 0 spiro atoms. The molecule has 3 rings (SSSR count). The molecule has 0 unspecified atom stereocenters. The minimum Gasteiger partial charge on any atom is -0.347 e. The van der Waals surface area contributed by atoms with E-state index in [0.29, 0.717) is 5.95 Å². The summed E-state index contributed by atoms with van der Waals surface area (Å²) < 4.78 is 0. The van der Waals surface area contributed by atoms with Crippen molar-refractivity contribution in [1.29, 1.82) is 0 Å². The number of nitrogens with zero attached hydrogens (tertiary/aromatic N) is 4. The van der Waals surface area contributed by atoms with Crippen LogP contribution in [-0.4, -0.2) is 34.0 Å². The van der Waals surface area contributed by atoms with Gasteiger partial charge in [0.1, 0.15) is 11.5 Å². The van der Waals surface area contributed by atoms with Gasteiger partial charge in [0.15, 0.2) is 0 Å². The van der Waals surface area contributed by atoms with Crippen LogP contribution < -0.4 is 10.2 Å². The minimum atomic E-state index is 0.658. The molecule has 102 valence electrons. The maximum Gasteiger partial charge on any atom is 0.228 e. The zero-order valence-corrected chi connectivity index (χ0v) is 11.7. The van der Waals surface area contributed by atoms with Crippen molar-refractivity contribution in [1.82, 2.24) is 19.9 Å². The van der Waals surface area contributed by atoms with Gasteiger partial charge in [0.25, 0.3) is 0 Å². The number of hydrogen-bond acceptors (Lipinski definition) is 5. The van der Waals surface area contributed by atoms with E-state index in [1.165, 1.54) is 0 Å². The van der Waals surface area contributed by atoms with Crippen molar-refractivity contribution >= 4 is 28.5 Å². The van der Waals surface area contributed by atoms with E-state index < -0.39 is 0 Å². The van der Waals surface area contributed by atoms with Gasteiger partial charge in [0.05, 0.1) is 17.3 Å². The van der Waals surface area contributed by atoms with Gasteiger partial charge in [-0.1, -0.05) is 0 Å². The molecule has 0 saturated carbocycles. The fourth-order valence-electron chi connectivity index (χ4n) is 2.00. The van der Waals surface area contributed by atoms with Crippen LogP contribution in [0.5, 0.6) is 0 Å². The molecule has 0 saturated heterocycles. The zero-order chi connectivity index (χ0) is 14.1. The van der Waals surface area contributed by atoms with E-state index in [4.69, 9.17) is 0 Å². The molecule has 0 aliphatic carbocycles. The number of rotatable bonds is 3. The molecule has 0 radical (unpaired) electrons. The van der Waals surface area contributed by atoms with Crippen LogP contribution in [0.2, 0.25) is 0 Å². The van der Waals surface area contributed by atoms with Gasteiger partial charge >= 0.3 is 0 Å². The number of aryl methyl sites for hydroxylation is 1. The van der Waals surface area contributed by atoms with E-state index in [2.05, 4.69) is 25.3 Å². The van der Waals surface area contributed by atoms with Gasteiger partial charge in [-0.15, -0.1) is 0 Å². The van der Waals surface area contributed by atoms with Crippen LogP contribution in [0.1, 0.15) is 5.69 Å². The predicted molar refractivity (Wildman–Crippen MR) is 80.5 cm³/mol. The first-order chi connectivity index (χ1) is 9.63. The fourth-order valence-corrected chi connectivity index (χ4v) is 2.00. The molecule has 3 aromatic rings. The van der Waals surface area contributed by atoms with Crippen LogP contribution in [0, 0.1) is 6.92 Å². The van der Waals surface area contributed by atoms with Gasteiger partial charge in [-0.2, -0.15) is 9.97 Å². The molecule has 3 aromatic heterocycles. The number of pyridine rings is 1. The topological polar surface area (TPSA) is 69.7 Å². The Morgan fingerprint density at radius 1 is 1.25 bits per heavy atom. The Morgan fingerprint density at radius 2 is 2.10 bits per heavy atom. The van der Waals surface area contributed by atoms with Gasteiger partial charge in [-0.25, -0.2) is 0 Å². The third kappa shape index (κ3) is 2.27. The maximum absolute atomic E-state index is 4.56. The number of H-pyrrole nitrogens is 1. The Labute approximate surface area is 116 Å². The lowest BCUT2D eigenvalue weighted by Gasteiger charge is -2.13. The lowest BCUT2D eigenvalue weighted by Crippen LogP contribution is -2.13. The highest BCUT2D eigenvalue weighted by atomic mass is 15.2. The number of fused-ring (bicyclic) bond motifs is 1. The number of hydrogen-bond donors (Lipinski definition) is 2. The molecule has 0 aliphatic rings. The summed E-state index contributed by atoms with van der Waals surface area (Å²) in [5.41, 5.74) is 2.78. The number of aromatic amines is 1. The smallest absolute Gasteiger partial charge is 0.228 e. The molecular weight excluding hydrogens is 252 g/mol. The van der Waals surface area contributed by atoms with Crippen molar-refractivity contribution in [3.63, 3.8) is 0 Å². The van der Waals surface area contributed by atoms with Gasteiger partial charge in [0, 0.05) is 26.0 Å². The van der Waals surface area contributed by atoms with Crippen molar-refractivity contribution in [3.05, 3.63) is 36.3 Å². The van der Waals surface area contributed by atoms with Crippen LogP contribution in [-0.2, 0) is 0 Å². The Morgan fingerprint density at radius 3 is 2.80 bits per heavy atom. The SMILES string of the molecule is Cc1cc2c(Nc3cccnc3)nc(N(C)C)nc2[nH]1. The number of nitrogens with one attached hydrogen (secondary N) is 2. The van der Waals surface area contributed by atoms with E-state index in [9.17, 15) is 0 Å². The third-order valence-corrected chi connectivity index (χ3v) is 2.93. The normalized spacial score (nSPS) is 10.8. The van der Waals surface area contributed by atoms with Gasteiger partial charge in [0.2, 0.25) is 5.95 Å². The van der Waals surface area contributed by atoms with Gasteiger partial charge in [-0.3, -0.25) is 4.98 Å². The Bertz CT molecular complexity index is 732. The largest absolute Gasteiger partial charge is 0.347 e. The van der Waals surface area contributed by atoms with E-state index in [0.717, 1.165) is 28.2 Å². The van der Waals surface area contributed by atoms with Crippen LogP contribution in [0.25, 0.3) is 11.0 Å². The molecule has 2 N–H and O–H groups in total. The first kappa shape index (κ1) is 12.4. The average Bonchev–Trinajstić information content (AvgIpc) is 2.80. The van der Waals surface area contributed by atoms with E-state index in [1.807, 2.05) is 44.1 Å². The highest BCUT2D eigenvalue weighted by Gasteiger charge is 2.11.